The van der Waals surface area contributed by atoms with Crippen LogP contribution in [-0.4, -0.2) is 42.9 Å². The van der Waals surface area contributed by atoms with E-state index >= 15 is 0 Å². The van der Waals surface area contributed by atoms with Gasteiger partial charge in [-0.05, 0) is 48.8 Å². The number of halogens is 1. The van der Waals surface area contributed by atoms with Gasteiger partial charge in [0, 0.05) is 24.6 Å². The maximum Gasteiger partial charge on any atom is 0.302 e. The highest BCUT2D eigenvalue weighted by molar-refractivity contribution is 6.19. The van der Waals surface area contributed by atoms with Crippen LogP contribution >= 0.6 is 0 Å². The molecule has 1 heterocycles. The van der Waals surface area contributed by atoms with Gasteiger partial charge in [-0.25, -0.2) is 4.39 Å². The molecule has 0 saturated heterocycles. The van der Waals surface area contributed by atoms with E-state index in [1.807, 2.05) is 6.07 Å². The molecule has 0 saturated carbocycles. The average Bonchev–Trinajstić information content (AvgIpc) is 2.86. The molecule has 8 nitrogen and oxygen atoms in total. The Hall–Kier alpha value is -4.45. The van der Waals surface area contributed by atoms with E-state index < -0.39 is 17.8 Å². The average molecular weight is 493 g/mol. The number of hydrogen-bond donors (Lipinski definition) is 0. The van der Waals surface area contributed by atoms with E-state index in [0.29, 0.717) is 22.6 Å². The molecule has 0 unspecified atom stereocenters. The largest absolute Gasteiger partial charge is 0.493 e. The highest BCUT2D eigenvalue weighted by Crippen LogP contribution is 2.32. The van der Waals surface area contributed by atoms with Crippen LogP contribution in [0.15, 0.2) is 59.2 Å². The van der Waals surface area contributed by atoms with Crippen molar-refractivity contribution in [3.63, 3.8) is 0 Å². The van der Waals surface area contributed by atoms with Crippen molar-refractivity contribution in [2.24, 2.45) is 0 Å². The van der Waals surface area contributed by atoms with Crippen molar-refractivity contribution in [3.05, 3.63) is 76.1 Å². The minimum atomic E-state index is -0.686. The SMILES string of the molecule is COc1cc(/C=C2/C(=O)N(CCCOC(C)=O)C(=O)C(C#N)=C2C)ccc1OCc1ccccc1F. The highest BCUT2D eigenvalue weighted by atomic mass is 19.1. The molecule has 2 amide bonds. The summed E-state index contributed by atoms with van der Waals surface area (Å²) in [6.07, 6.45) is 1.80. The minimum Gasteiger partial charge on any atom is -0.493 e. The van der Waals surface area contributed by atoms with Crippen molar-refractivity contribution >= 4 is 23.9 Å². The minimum absolute atomic E-state index is 0.000253. The topological polar surface area (TPSA) is 106 Å². The summed E-state index contributed by atoms with van der Waals surface area (Å²) in [5.41, 5.74) is 1.27. The standard InChI is InChI=1S/C27H25FN2O6/c1-17-21(26(32)30(27(33)22(17)15-29)11-6-12-35-18(2)31)13-19-9-10-24(25(14-19)34-3)36-16-20-7-4-5-8-23(20)28/h4-5,7-10,13-14H,6,11-12,16H2,1-3H3/b21-13+. The van der Waals surface area contributed by atoms with Crippen LogP contribution < -0.4 is 9.47 Å². The van der Waals surface area contributed by atoms with Gasteiger partial charge in [-0.2, -0.15) is 5.26 Å². The second kappa shape index (κ2) is 11.8. The Labute approximate surface area is 208 Å². The number of nitriles is 1. The molecule has 0 radical (unpaired) electrons. The highest BCUT2D eigenvalue weighted by Gasteiger charge is 2.35. The molecule has 1 aliphatic heterocycles. The predicted octanol–water partition coefficient (Wildman–Crippen LogP) is 3.96. The Kier molecular flexibility index (Phi) is 8.57. The molecule has 3 rings (SSSR count). The summed E-state index contributed by atoms with van der Waals surface area (Å²) in [5.74, 6) is -1.34. The third-order valence-electron chi connectivity index (χ3n) is 5.50. The Morgan fingerprint density at radius 2 is 1.89 bits per heavy atom. The lowest BCUT2D eigenvalue weighted by Crippen LogP contribution is -2.43. The van der Waals surface area contributed by atoms with E-state index in [1.165, 1.54) is 20.1 Å². The van der Waals surface area contributed by atoms with Crippen LogP contribution in [0, 0.1) is 17.1 Å². The van der Waals surface area contributed by atoms with Gasteiger partial charge >= 0.3 is 5.97 Å². The number of amides is 2. The molecule has 0 bridgehead atoms. The number of benzene rings is 2. The fourth-order valence-corrected chi connectivity index (χ4v) is 3.60. The van der Waals surface area contributed by atoms with Gasteiger partial charge in [0.25, 0.3) is 11.8 Å². The third kappa shape index (κ3) is 5.96. The maximum absolute atomic E-state index is 13.9. The maximum atomic E-state index is 13.9. The summed E-state index contributed by atoms with van der Waals surface area (Å²) in [6, 6.07) is 13.1. The summed E-state index contributed by atoms with van der Waals surface area (Å²) in [4.78, 5) is 37.8. The number of esters is 1. The zero-order valence-electron chi connectivity index (χ0n) is 20.2. The fraction of sp³-hybridized carbons (Fsp3) is 0.259. The van der Waals surface area contributed by atoms with E-state index in [0.717, 1.165) is 4.90 Å². The van der Waals surface area contributed by atoms with E-state index in [4.69, 9.17) is 14.2 Å². The number of nitrogens with zero attached hydrogens (tertiary/aromatic N) is 2. The number of rotatable bonds is 9. The second-order valence-corrected chi connectivity index (χ2v) is 7.92. The predicted molar refractivity (Wildman–Crippen MR) is 128 cm³/mol. The molecule has 2 aromatic rings. The monoisotopic (exact) mass is 492 g/mol. The zero-order valence-corrected chi connectivity index (χ0v) is 20.2. The summed E-state index contributed by atoms with van der Waals surface area (Å²) >= 11 is 0. The summed E-state index contributed by atoms with van der Waals surface area (Å²) in [6.45, 7) is 2.84. The first-order valence-corrected chi connectivity index (χ1v) is 11.1. The van der Waals surface area contributed by atoms with Crippen LogP contribution in [0.4, 0.5) is 4.39 Å². The molecule has 36 heavy (non-hydrogen) atoms. The lowest BCUT2D eigenvalue weighted by Gasteiger charge is -2.27. The molecule has 186 valence electrons. The number of carbonyl (C=O) groups excluding carboxylic acids is 3. The van der Waals surface area contributed by atoms with Crippen molar-refractivity contribution in [1.82, 2.24) is 4.90 Å². The van der Waals surface area contributed by atoms with Crippen molar-refractivity contribution < 1.29 is 33.0 Å². The molecule has 0 N–H and O–H groups in total. The van der Waals surface area contributed by atoms with Crippen LogP contribution in [0.2, 0.25) is 0 Å². The normalized spacial score (nSPS) is 14.6. The lowest BCUT2D eigenvalue weighted by molar-refractivity contribution is -0.141. The number of hydrogen-bond acceptors (Lipinski definition) is 7. The molecule has 9 heteroatoms. The number of imide groups is 1. The van der Waals surface area contributed by atoms with Crippen molar-refractivity contribution in [1.29, 1.82) is 5.26 Å². The van der Waals surface area contributed by atoms with Gasteiger partial charge in [-0.3, -0.25) is 19.3 Å². The first kappa shape index (κ1) is 26.2. The zero-order chi connectivity index (χ0) is 26.2. The smallest absolute Gasteiger partial charge is 0.302 e. The number of carbonyl (C=O) groups is 3. The lowest BCUT2D eigenvalue weighted by atomic mass is 9.93. The van der Waals surface area contributed by atoms with Gasteiger partial charge < -0.3 is 14.2 Å². The molecule has 0 aromatic heterocycles. The summed E-state index contributed by atoms with van der Waals surface area (Å²) < 4.78 is 29.9. The molecule has 0 fully saturated rings. The third-order valence-corrected chi connectivity index (χ3v) is 5.50. The van der Waals surface area contributed by atoms with E-state index in [1.54, 1.807) is 49.4 Å². The fourth-order valence-electron chi connectivity index (χ4n) is 3.60. The Bertz CT molecular complexity index is 1290. The van der Waals surface area contributed by atoms with Gasteiger partial charge in [0.1, 0.15) is 24.1 Å². The van der Waals surface area contributed by atoms with Crippen LogP contribution in [0.1, 0.15) is 31.4 Å². The van der Waals surface area contributed by atoms with Crippen molar-refractivity contribution in [2.45, 2.75) is 26.9 Å². The van der Waals surface area contributed by atoms with Crippen molar-refractivity contribution in [2.75, 3.05) is 20.3 Å². The van der Waals surface area contributed by atoms with E-state index in [9.17, 15) is 24.0 Å². The molecule has 0 atom stereocenters. The van der Waals surface area contributed by atoms with Gasteiger partial charge in [0.15, 0.2) is 11.5 Å². The quantitative estimate of drug-likeness (QED) is 0.226. The van der Waals surface area contributed by atoms with Crippen LogP contribution in [-0.2, 0) is 25.7 Å². The van der Waals surface area contributed by atoms with Gasteiger partial charge in [-0.15, -0.1) is 0 Å². The Morgan fingerprint density at radius 1 is 1.14 bits per heavy atom. The number of methoxy groups -OCH3 is 1. The molecule has 0 aliphatic carbocycles. The van der Waals surface area contributed by atoms with Gasteiger partial charge in [0.05, 0.1) is 13.7 Å². The molecule has 2 aromatic carbocycles. The molecular weight excluding hydrogens is 467 g/mol. The van der Waals surface area contributed by atoms with Crippen LogP contribution in [0.25, 0.3) is 6.08 Å². The summed E-state index contributed by atoms with van der Waals surface area (Å²) in [5, 5.41) is 9.53. The van der Waals surface area contributed by atoms with Crippen molar-refractivity contribution in [3.8, 4) is 17.6 Å². The number of ether oxygens (including phenoxy) is 3. The summed E-state index contributed by atoms with van der Waals surface area (Å²) in [7, 11) is 1.45. The second-order valence-electron chi connectivity index (χ2n) is 7.92. The van der Waals surface area contributed by atoms with Gasteiger partial charge in [0.2, 0.25) is 0 Å². The van der Waals surface area contributed by atoms with Crippen LogP contribution in [0.5, 0.6) is 11.5 Å². The molecule has 1 aliphatic rings. The molecular formula is C27H25FN2O6. The Morgan fingerprint density at radius 3 is 2.56 bits per heavy atom. The molecule has 0 spiro atoms. The first-order valence-electron chi connectivity index (χ1n) is 11.1. The first-order chi connectivity index (χ1) is 17.3. The Balaban J connectivity index is 1.86. The van der Waals surface area contributed by atoms with E-state index in [-0.39, 0.29) is 48.7 Å². The van der Waals surface area contributed by atoms with Crippen LogP contribution in [0.3, 0.4) is 0 Å². The van der Waals surface area contributed by atoms with Gasteiger partial charge in [-0.1, -0.05) is 24.3 Å². The van der Waals surface area contributed by atoms with E-state index in [2.05, 4.69) is 0 Å².